The van der Waals surface area contributed by atoms with E-state index in [0.29, 0.717) is 13.1 Å². The zero-order chi connectivity index (χ0) is 24.2. The number of nitrogens with zero attached hydrogens (tertiary/aromatic N) is 1. The number of rotatable bonds is 6. The quantitative estimate of drug-likeness (QED) is 0.659. The molecular weight excluding hydrogens is 444 g/mol. The predicted molar refractivity (Wildman–Crippen MR) is 129 cm³/mol. The van der Waals surface area contributed by atoms with Crippen LogP contribution in [0.25, 0.3) is 11.1 Å². The fraction of sp³-hybridized carbons (Fsp3) is 0.464. The summed E-state index contributed by atoms with van der Waals surface area (Å²) in [6, 6.07) is 16.5. The molecular formula is C28H30N2O5. The van der Waals surface area contributed by atoms with Crippen molar-refractivity contribution in [2.24, 2.45) is 17.8 Å². The number of ether oxygens (including phenoxy) is 1. The third-order valence-electron chi connectivity index (χ3n) is 8.64. The third kappa shape index (κ3) is 3.87. The average Bonchev–Trinajstić information content (AvgIpc) is 3.48. The van der Waals surface area contributed by atoms with Crippen LogP contribution in [0, 0.1) is 17.8 Å². The highest BCUT2D eigenvalue weighted by Gasteiger charge is 2.57. The number of alkyl carbamates (subject to hydrolysis) is 1. The molecule has 7 heteroatoms. The summed E-state index contributed by atoms with van der Waals surface area (Å²) in [6.07, 6.45) is 2.97. The Morgan fingerprint density at radius 2 is 1.66 bits per heavy atom. The maximum absolute atomic E-state index is 13.1. The van der Waals surface area contributed by atoms with Gasteiger partial charge < -0.3 is 20.1 Å². The highest BCUT2D eigenvalue weighted by atomic mass is 16.5. The van der Waals surface area contributed by atoms with Crippen molar-refractivity contribution in [2.75, 3.05) is 19.7 Å². The molecule has 1 aliphatic heterocycles. The molecule has 0 radical (unpaired) electrons. The molecule has 3 atom stereocenters. The van der Waals surface area contributed by atoms with Gasteiger partial charge in [0.1, 0.15) is 6.61 Å². The van der Waals surface area contributed by atoms with Crippen LogP contribution in [0.15, 0.2) is 48.5 Å². The smallest absolute Gasteiger partial charge is 0.407 e. The number of piperidine rings is 1. The van der Waals surface area contributed by atoms with Gasteiger partial charge in [-0.25, -0.2) is 4.79 Å². The minimum Gasteiger partial charge on any atom is -0.481 e. The van der Waals surface area contributed by atoms with Crippen LogP contribution in [0.3, 0.4) is 0 Å². The number of carbonyl (C=O) groups is 3. The number of likely N-dealkylation sites (tertiary alicyclic amines) is 1. The second kappa shape index (κ2) is 8.40. The van der Waals surface area contributed by atoms with Gasteiger partial charge in [-0.3, -0.25) is 9.59 Å². The third-order valence-corrected chi connectivity index (χ3v) is 8.64. The van der Waals surface area contributed by atoms with Crippen molar-refractivity contribution in [2.45, 2.75) is 43.6 Å². The van der Waals surface area contributed by atoms with E-state index in [2.05, 4.69) is 29.6 Å². The Balaban J connectivity index is 1.07. The van der Waals surface area contributed by atoms with E-state index >= 15 is 0 Å². The summed E-state index contributed by atoms with van der Waals surface area (Å²) < 4.78 is 5.72. The molecule has 1 heterocycles. The number of amides is 2. The molecule has 6 rings (SSSR count). The van der Waals surface area contributed by atoms with Gasteiger partial charge in [-0.15, -0.1) is 0 Å². The van der Waals surface area contributed by atoms with Crippen LogP contribution in [-0.4, -0.2) is 53.2 Å². The highest BCUT2D eigenvalue weighted by Crippen LogP contribution is 2.52. The van der Waals surface area contributed by atoms with E-state index in [0.717, 1.165) is 36.8 Å². The summed E-state index contributed by atoms with van der Waals surface area (Å²) in [4.78, 5) is 39.0. The molecule has 3 aliphatic carbocycles. The van der Waals surface area contributed by atoms with Gasteiger partial charge in [0.2, 0.25) is 5.91 Å². The fourth-order valence-corrected chi connectivity index (χ4v) is 6.53. The molecule has 2 saturated carbocycles. The van der Waals surface area contributed by atoms with Gasteiger partial charge in [0.15, 0.2) is 0 Å². The van der Waals surface area contributed by atoms with Crippen LogP contribution in [0.4, 0.5) is 4.79 Å². The maximum Gasteiger partial charge on any atom is 0.407 e. The number of benzene rings is 2. The lowest BCUT2D eigenvalue weighted by molar-refractivity contribution is -0.139. The van der Waals surface area contributed by atoms with Crippen LogP contribution < -0.4 is 5.32 Å². The number of carboxylic acids is 1. The van der Waals surface area contributed by atoms with Crippen molar-refractivity contribution in [3.05, 3.63) is 59.7 Å². The number of carbonyl (C=O) groups excluding carboxylic acids is 2. The van der Waals surface area contributed by atoms with Crippen LogP contribution in [0.5, 0.6) is 0 Å². The van der Waals surface area contributed by atoms with Crippen molar-refractivity contribution in [3.8, 4) is 11.1 Å². The monoisotopic (exact) mass is 474 g/mol. The number of nitrogens with one attached hydrogen (secondary N) is 1. The number of hydrogen-bond donors (Lipinski definition) is 2. The standard InChI is InChI=1S/C28H30N2O5/c31-24(30-13-10-21-22(15-30)25(21)26(32)33)14-28(11-5-12-28)29-27(34)35-16-23-19-8-3-1-6-17(19)18-7-2-4-9-20(18)23/h1-4,6-9,21-23,25H,5,10-16H2,(H,29,34)(H,32,33). The van der Waals surface area contributed by atoms with Crippen molar-refractivity contribution < 1.29 is 24.2 Å². The lowest BCUT2D eigenvalue weighted by Gasteiger charge is -2.43. The molecule has 7 nitrogen and oxygen atoms in total. The van der Waals surface area contributed by atoms with E-state index in [9.17, 15) is 19.5 Å². The van der Waals surface area contributed by atoms with E-state index in [1.54, 1.807) is 4.90 Å². The summed E-state index contributed by atoms with van der Waals surface area (Å²) in [7, 11) is 0. The Bertz CT molecular complexity index is 1140. The summed E-state index contributed by atoms with van der Waals surface area (Å²) in [6.45, 7) is 1.36. The zero-order valence-corrected chi connectivity index (χ0v) is 19.6. The number of carboxylic acid groups (broad SMARTS) is 1. The maximum atomic E-state index is 13.1. The molecule has 0 bridgehead atoms. The first-order valence-corrected chi connectivity index (χ1v) is 12.6. The lowest BCUT2D eigenvalue weighted by Crippen LogP contribution is -2.56. The first-order chi connectivity index (χ1) is 17.0. The summed E-state index contributed by atoms with van der Waals surface area (Å²) in [5.74, 6) is -0.760. The second-order valence-corrected chi connectivity index (χ2v) is 10.6. The van der Waals surface area contributed by atoms with Gasteiger partial charge in [0.05, 0.1) is 17.9 Å². The SMILES string of the molecule is O=C(NC1(CC(=O)N2CCC3C(C2)C3C(=O)O)CCC1)OCC1c2ccccc2-c2ccccc21. The Kier molecular flexibility index (Phi) is 5.31. The molecule has 2 aromatic rings. The molecule has 3 unspecified atom stereocenters. The highest BCUT2D eigenvalue weighted by molar-refractivity contribution is 5.81. The molecule has 182 valence electrons. The molecule has 3 fully saturated rings. The number of hydrogen-bond acceptors (Lipinski definition) is 4. The largest absolute Gasteiger partial charge is 0.481 e. The van der Waals surface area contributed by atoms with Crippen molar-refractivity contribution in [1.82, 2.24) is 10.2 Å². The van der Waals surface area contributed by atoms with Gasteiger partial charge in [0, 0.05) is 19.0 Å². The Morgan fingerprint density at radius 3 is 2.26 bits per heavy atom. The summed E-state index contributed by atoms with van der Waals surface area (Å²) in [5.41, 5.74) is 4.13. The fourth-order valence-electron chi connectivity index (χ4n) is 6.53. The van der Waals surface area contributed by atoms with E-state index in [1.165, 1.54) is 11.1 Å². The van der Waals surface area contributed by atoms with Gasteiger partial charge >= 0.3 is 12.1 Å². The van der Waals surface area contributed by atoms with Crippen molar-refractivity contribution >= 4 is 18.0 Å². The average molecular weight is 475 g/mol. The molecule has 35 heavy (non-hydrogen) atoms. The Hall–Kier alpha value is -3.35. The topological polar surface area (TPSA) is 95.9 Å². The van der Waals surface area contributed by atoms with Crippen molar-refractivity contribution in [3.63, 3.8) is 0 Å². The van der Waals surface area contributed by atoms with Crippen LogP contribution >= 0.6 is 0 Å². The molecule has 2 aromatic carbocycles. The van der Waals surface area contributed by atoms with E-state index < -0.39 is 17.6 Å². The lowest BCUT2D eigenvalue weighted by atomic mass is 9.74. The first-order valence-electron chi connectivity index (χ1n) is 12.6. The van der Waals surface area contributed by atoms with Crippen LogP contribution in [0.1, 0.15) is 49.1 Å². The van der Waals surface area contributed by atoms with Gasteiger partial charge in [-0.2, -0.15) is 0 Å². The molecule has 0 aromatic heterocycles. The molecule has 4 aliphatic rings. The minimum atomic E-state index is -0.748. The van der Waals surface area contributed by atoms with E-state index in [4.69, 9.17) is 4.74 Å². The molecule has 2 amide bonds. The molecule has 2 N–H and O–H groups in total. The number of fused-ring (bicyclic) bond motifs is 4. The van der Waals surface area contributed by atoms with Gasteiger partial charge in [0.25, 0.3) is 0 Å². The van der Waals surface area contributed by atoms with Crippen molar-refractivity contribution in [1.29, 1.82) is 0 Å². The Labute approximate surface area is 204 Å². The second-order valence-electron chi connectivity index (χ2n) is 10.6. The van der Waals surface area contributed by atoms with Gasteiger partial charge in [-0.1, -0.05) is 48.5 Å². The molecule has 1 saturated heterocycles. The summed E-state index contributed by atoms with van der Waals surface area (Å²) in [5, 5.41) is 12.3. The van der Waals surface area contributed by atoms with Gasteiger partial charge in [-0.05, 0) is 59.8 Å². The minimum absolute atomic E-state index is 0.00173. The van der Waals surface area contributed by atoms with E-state index in [-0.39, 0.29) is 42.6 Å². The Morgan fingerprint density at radius 1 is 1.00 bits per heavy atom. The normalized spacial score (nSPS) is 25.5. The van der Waals surface area contributed by atoms with Crippen LogP contribution in [0.2, 0.25) is 0 Å². The zero-order valence-electron chi connectivity index (χ0n) is 19.6. The molecule has 0 spiro atoms. The predicted octanol–water partition coefficient (Wildman–Crippen LogP) is 4.02. The number of aliphatic carboxylic acids is 1. The van der Waals surface area contributed by atoms with Crippen LogP contribution in [-0.2, 0) is 14.3 Å². The summed E-state index contributed by atoms with van der Waals surface area (Å²) >= 11 is 0. The van der Waals surface area contributed by atoms with E-state index in [1.807, 2.05) is 24.3 Å². The first kappa shape index (κ1) is 22.1.